The molecular weight excluding hydrogens is 382 g/mol. The van der Waals surface area contributed by atoms with Crippen molar-refractivity contribution in [1.29, 1.82) is 5.26 Å². The van der Waals surface area contributed by atoms with Crippen LogP contribution in [0.5, 0.6) is 0 Å². The molecule has 9 nitrogen and oxygen atoms in total. The quantitative estimate of drug-likeness (QED) is 0.731. The fourth-order valence-corrected chi connectivity index (χ4v) is 4.13. The van der Waals surface area contributed by atoms with E-state index in [1.54, 1.807) is 6.07 Å². The summed E-state index contributed by atoms with van der Waals surface area (Å²) >= 11 is 0. The third kappa shape index (κ3) is 4.37. The molecule has 1 aliphatic rings. The predicted octanol–water partition coefficient (Wildman–Crippen LogP) is 0.928. The minimum Gasteiger partial charge on any atom is -0.468 e. The number of nitrogens with one attached hydrogen (secondary N) is 1. The van der Waals surface area contributed by atoms with Gasteiger partial charge in [-0.05, 0) is 25.0 Å². The number of benzene rings is 1. The molecule has 1 aromatic carbocycles. The van der Waals surface area contributed by atoms with Crippen LogP contribution in [0.2, 0.25) is 0 Å². The van der Waals surface area contributed by atoms with E-state index in [2.05, 4.69) is 14.7 Å². The van der Waals surface area contributed by atoms with Gasteiger partial charge < -0.3 is 9.64 Å². The number of piperidine rings is 1. The molecule has 0 spiro atoms. The van der Waals surface area contributed by atoms with Crippen LogP contribution in [0.3, 0.4) is 0 Å². The Morgan fingerprint density at radius 3 is 2.43 bits per heavy atom. The van der Waals surface area contributed by atoms with Gasteiger partial charge >= 0.3 is 5.97 Å². The zero-order valence-corrected chi connectivity index (χ0v) is 16.4. The summed E-state index contributed by atoms with van der Waals surface area (Å²) in [6.45, 7) is 1.04. The highest BCUT2D eigenvalue weighted by Gasteiger charge is 2.31. The average Bonchev–Trinajstić information content (AvgIpc) is 2.67. The lowest BCUT2D eigenvalue weighted by Crippen LogP contribution is -2.45. The normalized spacial score (nSPS) is 16.5. The highest BCUT2D eigenvalue weighted by Crippen LogP contribution is 2.29. The molecule has 1 N–H and O–H groups in total. The zero-order chi connectivity index (χ0) is 20.3. The largest absolute Gasteiger partial charge is 0.468 e. The summed E-state index contributed by atoms with van der Waals surface area (Å²) in [6, 6.07) is 9.03. The number of rotatable bonds is 5. The van der Waals surface area contributed by atoms with Crippen LogP contribution in [0.4, 0.5) is 5.82 Å². The summed E-state index contributed by atoms with van der Waals surface area (Å²) in [5, 5.41) is 9.53. The number of aromatic nitrogens is 2. The van der Waals surface area contributed by atoms with Gasteiger partial charge in [-0.1, -0.05) is 12.1 Å². The van der Waals surface area contributed by atoms with E-state index in [0.717, 1.165) is 6.26 Å². The second kappa shape index (κ2) is 8.08. The van der Waals surface area contributed by atoms with Crippen molar-refractivity contribution in [3.63, 3.8) is 0 Å². The molecule has 1 saturated heterocycles. The van der Waals surface area contributed by atoms with Crippen LogP contribution in [-0.4, -0.2) is 56.9 Å². The van der Waals surface area contributed by atoms with Gasteiger partial charge in [0.25, 0.3) is 0 Å². The number of carbonyl (C=O) groups is 1. The molecule has 3 rings (SSSR count). The Kier molecular flexibility index (Phi) is 5.76. The minimum atomic E-state index is -3.28. The summed E-state index contributed by atoms with van der Waals surface area (Å²) < 4.78 is 30.3. The summed E-state index contributed by atoms with van der Waals surface area (Å²) in [7, 11) is -2.05. The second-order valence-electron chi connectivity index (χ2n) is 6.66. The Morgan fingerprint density at radius 2 is 1.89 bits per heavy atom. The van der Waals surface area contributed by atoms with E-state index >= 15 is 0 Å². The van der Waals surface area contributed by atoms with E-state index < -0.39 is 21.9 Å². The molecule has 28 heavy (non-hydrogen) atoms. The highest BCUT2D eigenvalue weighted by molar-refractivity contribution is 7.88. The predicted molar refractivity (Wildman–Crippen MR) is 103 cm³/mol. The fraction of sp³-hybridized carbons (Fsp3) is 0.444. The standard InChI is InChI=1S/C18H21N5O4S/c1-27-18(24)13(11-19)16-17(21-15-6-4-3-5-14(15)20-16)23-9-7-12(8-10-23)22-28(2,25)26/h3-6,12-13,22H,7-10H2,1-2H3/t13-/m0/s1. The van der Waals surface area contributed by atoms with Gasteiger partial charge in [0, 0.05) is 19.1 Å². The summed E-state index contributed by atoms with van der Waals surface area (Å²) in [6.07, 6.45) is 2.30. The number of anilines is 1. The number of carbonyl (C=O) groups excluding carboxylic acids is 1. The van der Waals surface area contributed by atoms with Crippen molar-refractivity contribution in [3.8, 4) is 6.07 Å². The van der Waals surface area contributed by atoms with Crippen LogP contribution < -0.4 is 9.62 Å². The molecule has 10 heteroatoms. The van der Waals surface area contributed by atoms with Gasteiger partial charge in [0.15, 0.2) is 11.7 Å². The molecule has 148 valence electrons. The molecular formula is C18H21N5O4S. The summed E-state index contributed by atoms with van der Waals surface area (Å²) in [5.74, 6) is -1.43. The van der Waals surface area contributed by atoms with Crippen LogP contribution in [0.25, 0.3) is 11.0 Å². The summed E-state index contributed by atoms with van der Waals surface area (Å²) in [4.78, 5) is 23.2. The van der Waals surface area contributed by atoms with Crippen LogP contribution in [0.1, 0.15) is 24.5 Å². The van der Waals surface area contributed by atoms with Crippen molar-refractivity contribution in [2.45, 2.75) is 24.8 Å². The Labute approximate surface area is 163 Å². The average molecular weight is 403 g/mol. The maximum atomic E-state index is 12.1. The van der Waals surface area contributed by atoms with Gasteiger partial charge in [0.1, 0.15) is 5.69 Å². The zero-order valence-electron chi connectivity index (χ0n) is 15.6. The third-order valence-electron chi connectivity index (χ3n) is 4.59. The molecule has 0 bridgehead atoms. The first kappa shape index (κ1) is 20.0. The Balaban J connectivity index is 1.96. The fourth-order valence-electron chi connectivity index (χ4n) is 3.29. The molecule has 0 saturated carbocycles. The molecule has 1 fully saturated rings. The number of nitrogens with zero attached hydrogens (tertiary/aromatic N) is 4. The van der Waals surface area contributed by atoms with Crippen molar-refractivity contribution in [2.24, 2.45) is 0 Å². The van der Waals surface area contributed by atoms with Crippen molar-refractivity contribution >= 4 is 32.8 Å². The monoisotopic (exact) mass is 403 g/mol. The number of sulfonamides is 1. The van der Waals surface area contributed by atoms with Gasteiger partial charge in [-0.3, -0.25) is 4.79 Å². The van der Waals surface area contributed by atoms with E-state index in [4.69, 9.17) is 4.74 Å². The van der Waals surface area contributed by atoms with E-state index in [-0.39, 0.29) is 11.7 Å². The molecule has 0 radical (unpaired) electrons. The number of esters is 1. The number of para-hydroxylation sites is 2. The molecule has 0 unspecified atom stereocenters. The minimum absolute atomic E-state index is 0.157. The van der Waals surface area contributed by atoms with Gasteiger partial charge in [0.05, 0.1) is 30.5 Å². The van der Waals surface area contributed by atoms with E-state index in [9.17, 15) is 18.5 Å². The van der Waals surface area contributed by atoms with Crippen LogP contribution in [0, 0.1) is 11.3 Å². The van der Waals surface area contributed by atoms with Gasteiger partial charge in [-0.2, -0.15) is 5.26 Å². The first-order chi connectivity index (χ1) is 13.3. The molecule has 0 amide bonds. The lowest BCUT2D eigenvalue weighted by atomic mass is 10.0. The molecule has 0 aliphatic carbocycles. The molecule has 1 atom stereocenters. The Morgan fingerprint density at radius 1 is 1.29 bits per heavy atom. The van der Waals surface area contributed by atoms with Crippen molar-refractivity contribution in [2.75, 3.05) is 31.4 Å². The lowest BCUT2D eigenvalue weighted by molar-refractivity contribution is -0.141. The lowest BCUT2D eigenvalue weighted by Gasteiger charge is -2.34. The van der Waals surface area contributed by atoms with Crippen molar-refractivity contribution in [1.82, 2.24) is 14.7 Å². The Bertz CT molecular complexity index is 1030. The van der Waals surface area contributed by atoms with E-state index in [1.807, 2.05) is 29.2 Å². The van der Waals surface area contributed by atoms with Crippen molar-refractivity contribution < 1.29 is 17.9 Å². The van der Waals surface area contributed by atoms with Crippen LogP contribution in [-0.2, 0) is 19.6 Å². The third-order valence-corrected chi connectivity index (χ3v) is 5.35. The second-order valence-corrected chi connectivity index (χ2v) is 8.44. The number of hydrogen-bond acceptors (Lipinski definition) is 8. The van der Waals surface area contributed by atoms with E-state index in [1.165, 1.54) is 7.11 Å². The SMILES string of the molecule is COC(=O)[C@@H](C#N)c1nc2ccccc2nc1N1CCC(NS(C)(=O)=O)CC1. The Hall–Kier alpha value is -2.77. The number of methoxy groups -OCH3 is 1. The topological polar surface area (TPSA) is 125 Å². The summed E-state index contributed by atoms with van der Waals surface area (Å²) in [5.41, 5.74) is 1.49. The number of nitriles is 1. The first-order valence-electron chi connectivity index (χ1n) is 8.78. The van der Waals surface area contributed by atoms with Gasteiger partial charge in [-0.25, -0.2) is 23.1 Å². The first-order valence-corrected chi connectivity index (χ1v) is 10.7. The molecule has 2 heterocycles. The van der Waals surface area contributed by atoms with Crippen molar-refractivity contribution in [3.05, 3.63) is 30.0 Å². The number of fused-ring (bicyclic) bond motifs is 1. The molecule has 1 aromatic heterocycles. The van der Waals surface area contributed by atoms with E-state index in [0.29, 0.717) is 42.8 Å². The van der Waals surface area contributed by atoms with Crippen LogP contribution in [0.15, 0.2) is 24.3 Å². The maximum absolute atomic E-state index is 12.1. The van der Waals surface area contributed by atoms with Crippen LogP contribution >= 0.6 is 0 Å². The van der Waals surface area contributed by atoms with Gasteiger partial charge in [-0.15, -0.1) is 0 Å². The maximum Gasteiger partial charge on any atom is 0.329 e. The number of hydrogen-bond donors (Lipinski definition) is 1. The van der Waals surface area contributed by atoms with Gasteiger partial charge in [0.2, 0.25) is 10.0 Å². The highest BCUT2D eigenvalue weighted by atomic mass is 32.2. The number of ether oxygens (including phenoxy) is 1. The molecule has 1 aliphatic heterocycles. The molecule has 2 aromatic rings. The smallest absolute Gasteiger partial charge is 0.329 e.